The summed E-state index contributed by atoms with van der Waals surface area (Å²) < 4.78 is 3.46. The molecule has 0 bridgehead atoms. The van der Waals surface area contributed by atoms with E-state index < -0.39 is 0 Å². The average molecular weight is 369 g/mol. The molecule has 1 saturated heterocycles. The Balaban J connectivity index is 1.22. The van der Waals surface area contributed by atoms with Gasteiger partial charge in [-0.2, -0.15) is 5.10 Å². The number of rotatable bonds is 3. The number of anilines is 1. The Bertz CT molecular complexity index is 836. The molecule has 1 fully saturated rings. The van der Waals surface area contributed by atoms with Crippen LogP contribution < -0.4 is 10.2 Å². The molecule has 0 saturated carbocycles. The Morgan fingerprint density at radius 2 is 1.96 bits per heavy atom. The lowest BCUT2D eigenvalue weighted by Gasteiger charge is -2.34. The van der Waals surface area contributed by atoms with Gasteiger partial charge in [0.25, 0.3) is 0 Å². The van der Waals surface area contributed by atoms with E-state index in [0.29, 0.717) is 0 Å². The zero-order chi connectivity index (χ0) is 17.3. The Labute approximate surface area is 157 Å². The number of piperazine rings is 1. The molecule has 1 aromatic carbocycles. The van der Waals surface area contributed by atoms with Crippen LogP contribution in [0.2, 0.25) is 0 Å². The van der Waals surface area contributed by atoms with E-state index in [4.69, 9.17) is 10.1 Å². The molecule has 0 atom stereocenters. The molecule has 2 aromatic heterocycles. The van der Waals surface area contributed by atoms with E-state index in [-0.39, 0.29) is 0 Å². The third-order valence-electron chi connectivity index (χ3n) is 5.25. The fourth-order valence-electron chi connectivity index (χ4n) is 3.82. The summed E-state index contributed by atoms with van der Waals surface area (Å²) in [7, 11) is 0. The maximum atomic E-state index is 4.82. The Hall–Kier alpha value is -1.96. The third-order valence-corrected chi connectivity index (χ3v) is 6.35. The highest BCUT2D eigenvalue weighted by atomic mass is 32.1. The normalized spacial score (nSPS) is 18.8. The summed E-state index contributed by atoms with van der Waals surface area (Å²) in [4.78, 5) is 9.74. The van der Waals surface area contributed by atoms with Crippen molar-refractivity contribution >= 4 is 26.7 Å². The van der Waals surface area contributed by atoms with Gasteiger partial charge in [-0.25, -0.2) is 4.98 Å². The molecule has 136 valence electrons. The van der Waals surface area contributed by atoms with Gasteiger partial charge >= 0.3 is 0 Å². The molecular formula is C19H24N6S. The SMILES string of the molecule is c1ccc2sc(N3CCN(Cc4cc5n(n4)CCCNC5)CC3)nc2c1. The second kappa shape index (κ2) is 6.98. The third kappa shape index (κ3) is 3.22. The van der Waals surface area contributed by atoms with Crippen LogP contribution in [0.5, 0.6) is 0 Å². The molecule has 1 N–H and O–H groups in total. The number of thiazole rings is 1. The van der Waals surface area contributed by atoms with Crippen LogP contribution >= 0.6 is 11.3 Å². The molecule has 0 amide bonds. The van der Waals surface area contributed by atoms with E-state index in [1.54, 1.807) is 11.3 Å². The van der Waals surface area contributed by atoms with E-state index >= 15 is 0 Å². The highest BCUT2D eigenvalue weighted by Gasteiger charge is 2.21. The van der Waals surface area contributed by atoms with Crippen molar-refractivity contribution in [1.82, 2.24) is 25.0 Å². The Morgan fingerprint density at radius 3 is 2.85 bits per heavy atom. The van der Waals surface area contributed by atoms with Crippen LogP contribution in [0.1, 0.15) is 17.8 Å². The van der Waals surface area contributed by atoms with Gasteiger partial charge < -0.3 is 10.2 Å². The Kier molecular flexibility index (Phi) is 4.36. The van der Waals surface area contributed by atoms with Crippen LogP contribution in [0.25, 0.3) is 10.2 Å². The number of aromatic nitrogens is 3. The summed E-state index contributed by atoms with van der Waals surface area (Å²) in [6.45, 7) is 8.23. The van der Waals surface area contributed by atoms with Crippen molar-refractivity contribution < 1.29 is 0 Å². The predicted octanol–water partition coefficient (Wildman–Crippen LogP) is 2.31. The highest BCUT2D eigenvalue weighted by Crippen LogP contribution is 2.29. The number of nitrogens with zero attached hydrogens (tertiary/aromatic N) is 5. The van der Waals surface area contributed by atoms with Crippen LogP contribution in [-0.4, -0.2) is 52.4 Å². The van der Waals surface area contributed by atoms with Crippen molar-refractivity contribution in [2.24, 2.45) is 0 Å². The van der Waals surface area contributed by atoms with Crippen LogP contribution in [0, 0.1) is 0 Å². The quantitative estimate of drug-likeness (QED) is 0.769. The fraction of sp³-hybridized carbons (Fsp3) is 0.474. The van der Waals surface area contributed by atoms with Gasteiger partial charge in [0, 0.05) is 45.8 Å². The maximum absolute atomic E-state index is 4.82. The predicted molar refractivity (Wildman–Crippen MR) is 106 cm³/mol. The molecule has 0 spiro atoms. The first-order valence-corrected chi connectivity index (χ1v) is 10.3. The van der Waals surface area contributed by atoms with E-state index in [1.807, 2.05) is 0 Å². The minimum absolute atomic E-state index is 0.943. The molecule has 0 unspecified atom stereocenters. The summed E-state index contributed by atoms with van der Waals surface area (Å²) in [6.07, 6.45) is 1.16. The van der Waals surface area contributed by atoms with Crippen molar-refractivity contribution in [3.8, 4) is 0 Å². The lowest BCUT2D eigenvalue weighted by Crippen LogP contribution is -2.46. The topological polar surface area (TPSA) is 49.2 Å². The first-order chi connectivity index (χ1) is 12.8. The van der Waals surface area contributed by atoms with Gasteiger partial charge in [0.15, 0.2) is 5.13 Å². The summed E-state index contributed by atoms with van der Waals surface area (Å²) in [5, 5.41) is 9.45. The molecule has 0 radical (unpaired) electrons. The van der Waals surface area contributed by atoms with Gasteiger partial charge in [0.2, 0.25) is 0 Å². The van der Waals surface area contributed by atoms with Crippen molar-refractivity contribution in [2.75, 3.05) is 37.6 Å². The molecule has 6 nitrogen and oxygen atoms in total. The number of benzene rings is 1. The number of hydrogen-bond acceptors (Lipinski definition) is 6. The van der Waals surface area contributed by atoms with Gasteiger partial charge in [0.1, 0.15) is 0 Å². The highest BCUT2D eigenvalue weighted by molar-refractivity contribution is 7.22. The van der Waals surface area contributed by atoms with E-state index in [2.05, 4.69) is 50.1 Å². The second-order valence-corrected chi connectivity index (χ2v) is 8.12. The first kappa shape index (κ1) is 16.2. The summed E-state index contributed by atoms with van der Waals surface area (Å²) in [5.41, 5.74) is 3.64. The number of nitrogens with one attached hydrogen (secondary N) is 1. The van der Waals surface area contributed by atoms with Crippen LogP contribution in [0.3, 0.4) is 0 Å². The van der Waals surface area contributed by atoms with E-state index in [9.17, 15) is 0 Å². The summed E-state index contributed by atoms with van der Waals surface area (Å²) >= 11 is 1.80. The zero-order valence-corrected chi connectivity index (χ0v) is 15.7. The molecular weight excluding hydrogens is 344 g/mol. The van der Waals surface area contributed by atoms with Crippen LogP contribution in [0.15, 0.2) is 30.3 Å². The van der Waals surface area contributed by atoms with Gasteiger partial charge in [-0.15, -0.1) is 0 Å². The Morgan fingerprint density at radius 1 is 1.08 bits per heavy atom. The maximum Gasteiger partial charge on any atom is 0.186 e. The first-order valence-electron chi connectivity index (χ1n) is 9.44. The minimum Gasteiger partial charge on any atom is -0.345 e. The average Bonchev–Trinajstić information content (AvgIpc) is 3.20. The fourth-order valence-corrected chi connectivity index (χ4v) is 4.84. The molecule has 0 aliphatic carbocycles. The number of hydrogen-bond donors (Lipinski definition) is 1. The van der Waals surface area contributed by atoms with Gasteiger partial charge in [-0.1, -0.05) is 23.5 Å². The van der Waals surface area contributed by atoms with Gasteiger partial charge in [0.05, 0.1) is 21.6 Å². The monoisotopic (exact) mass is 368 g/mol. The van der Waals surface area contributed by atoms with Crippen molar-refractivity contribution in [2.45, 2.75) is 26.1 Å². The molecule has 3 aromatic rings. The lowest BCUT2D eigenvalue weighted by molar-refractivity contribution is 0.246. The number of fused-ring (bicyclic) bond motifs is 2. The molecule has 5 rings (SSSR count). The van der Waals surface area contributed by atoms with Gasteiger partial charge in [-0.05, 0) is 31.2 Å². The molecule has 2 aliphatic heterocycles. The summed E-state index contributed by atoms with van der Waals surface area (Å²) in [5.74, 6) is 0. The minimum atomic E-state index is 0.943. The molecule has 7 heteroatoms. The van der Waals surface area contributed by atoms with Crippen LogP contribution in [-0.2, 0) is 19.6 Å². The number of para-hydroxylation sites is 1. The smallest absolute Gasteiger partial charge is 0.186 e. The van der Waals surface area contributed by atoms with Crippen LogP contribution in [0.4, 0.5) is 5.13 Å². The summed E-state index contributed by atoms with van der Waals surface area (Å²) in [6, 6.07) is 10.7. The van der Waals surface area contributed by atoms with E-state index in [0.717, 1.165) is 69.4 Å². The standard InChI is InChI=1S/C19H24N6S/c1-2-5-18-17(4-1)21-19(26-18)24-10-8-23(9-11-24)14-15-12-16-13-20-6-3-7-25(16)22-15/h1-2,4-5,12,20H,3,6-11,13-14H2. The van der Waals surface area contributed by atoms with Crippen molar-refractivity contribution in [1.29, 1.82) is 0 Å². The largest absolute Gasteiger partial charge is 0.345 e. The second-order valence-electron chi connectivity index (χ2n) is 7.11. The zero-order valence-electron chi connectivity index (χ0n) is 14.9. The van der Waals surface area contributed by atoms with E-state index in [1.165, 1.54) is 16.1 Å². The number of aryl methyl sites for hydroxylation is 1. The molecule has 26 heavy (non-hydrogen) atoms. The van der Waals surface area contributed by atoms with Crippen molar-refractivity contribution in [3.63, 3.8) is 0 Å². The van der Waals surface area contributed by atoms with Gasteiger partial charge in [-0.3, -0.25) is 9.58 Å². The molecule has 4 heterocycles. The van der Waals surface area contributed by atoms with Crippen molar-refractivity contribution in [3.05, 3.63) is 41.7 Å². The molecule has 2 aliphatic rings. The lowest BCUT2D eigenvalue weighted by atomic mass is 10.3.